The van der Waals surface area contributed by atoms with E-state index < -0.39 is 11.9 Å². The second kappa shape index (κ2) is 3.17. The van der Waals surface area contributed by atoms with E-state index in [1.807, 2.05) is 0 Å². The van der Waals surface area contributed by atoms with Crippen LogP contribution in [0.3, 0.4) is 0 Å². The van der Waals surface area contributed by atoms with Gasteiger partial charge in [-0.25, -0.2) is 9.78 Å². The van der Waals surface area contributed by atoms with Crippen molar-refractivity contribution in [3.8, 4) is 5.75 Å². The Hall–Kier alpha value is -1.65. The number of rotatable bonds is 1. The van der Waals surface area contributed by atoms with E-state index in [0.29, 0.717) is 0 Å². The smallest absolute Gasteiger partial charge is 0.342 e. The van der Waals surface area contributed by atoms with Crippen molar-refractivity contribution in [1.29, 1.82) is 0 Å². The molecular weight excluding hydrogens is 165 g/mol. The van der Waals surface area contributed by atoms with Crippen LogP contribution in [0.4, 0.5) is 4.39 Å². The van der Waals surface area contributed by atoms with Gasteiger partial charge in [0.2, 0.25) is 5.95 Å². The summed E-state index contributed by atoms with van der Waals surface area (Å²) in [5.41, 5.74) is -0.377. The third-order valence-electron chi connectivity index (χ3n) is 1.23. The molecule has 0 bridgehead atoms. The molecule has 1 rings (SSSR count). The minimum Gasteiger partial charge on any atom is -0.506 e. The molecule has 1 N–H and O–H groups in total. The number of esters is 1. The van der Waals surface area contributed by atoms with Gasteiger partial charge in [-0.15, -0.1) is 0 Å². The molecule has 0 aliphatic heterocycles. The summed E-state index contributed by atoms with van der Waals surface area (Å²) in [4.78, 5) is 13.9. The van der Waals surface area contributed by atoms with Crippen LogP contribution in [0.1, 0.15) is 10.4 Å². The van der Waals surface area contributed by atoms with Gasteiger partial charge < -0.3 is 9.84 Å². The zero-order valence-electron chi connectivity index (χ0n) is 6.24. The maximum atomic E-state index is 12.7. The molecule has 0 fully saturated rings. The molecule has 0 radical (unpaired) electrons. The third kappa shape index (κ3) is 1.50. The van der Waals surface area contributed by atoms with Gasteiger partial charge in [0.25, 0.3) is 0 Å². The van der Waals surface area contributed by atoms with Gasteiger partial charge in [0.15, 0.2) is 0 Å². The summed E-state index contributed by atoms with van der Waals surface area (Å²) < 4.78 is 16.9. The summed E-state index contributed by atoms with van der Waals surface area (Å²) in [6.45, 7) is 0. The highest BCUT2D eigenvalue weighted by Gasteiger charge is 2.13. The molecule has 0 amide bonds. The number of pyridine rings is 1. The average molecular weight is 171 g/mol. The summed E-state index contributed by atoms with van der Waals surface area (Å²) in [5, 5.41) is 8.84. The number of methoxy groups -OCH3 is 1. The Morgan fingerprint density at radius 3 is 3.00 bits per heavy atom. The number of hydrogen-bond acceptors (Lipinski definition) is 4. The first-order valence-corrected chi connectivity index (χ1v) is 3.08. The number of hydrogen-bond donors (Lipinski definition) is 1. The molecule has 1 aromatic heterocycles. The van der Waals surface area contributed by atoms with E-state index in [1.54, 1.807) is 0 Å². The molecule has 4 nitrogen and oxygen atoms in total. The Labute approximate surface area is 67.6 Å². The van der Waals surface area contributed by atoms with Gasteiger partial charge in [-0.1, -0.05) is 0 Å². The van der Waals surface area contributed by atoms with E-state index >= 15 is 0 Å². The first-order chi connectivity index (χ1) is 5.65. The molecule has 1 aromatic rings. The van der Waals surface area contributed by atoms with Crippen LogP contribution in [0.25, 0.3) is 0 Å². The lowest BCUT2D eigenvalue weighted by atomic mass is 10.3. The van der Waals surface area contributed by atoms with Gasteiger partial charge in [0, 0.05) is 6.07 Å². The van der Waals surface area contributed by atoms with Crippen molar-refractivity contribution in [1.82, 2.24) is 4.98 Å². The quantitative estimate of drug-likeness (QED) is 0.499. The van der Waals surface area contributed by atoms with Crippen LogP contribution in [0, 0.1) is 5.95 Å². The van der Waals surface area contributed by atoms with Crippen LogP contribution in [0.5, 0.6) is 5.75 Å². The first-order valence-electron chi connectivity index (χ1n) is 3.08. The van der Waals surface area contributed by atoms with Crippen molar-refractivity contribution in [2.45, 2.75) is 0 Å². The molecule has 0 saturated heterocycles. The predicted octanol–water partition coefficient (Wildman–Crippen LogP) is 0.713. The predicted molar refractivity (Wildman–Crippen MR) is 37.2 cm³/mol. The maximum Gasteiger partial charge on any atom is 0.342 e. The van der Waals surface area contributed by atoms with Crippen LogP contribution in [0.15, 0.2) is 12.3 Å². The molecule has 0 spiro atoms. The molecule has 0 aliphatic carbocycles. The van der Waals surface area contributed by atoms with Crippen LogP contribution in [0.2, 0.25) is 0 Å². The Morgan fingerprint density at radius 2 is 2.42 bits per heavy atom. The Bertz CT molecular complexity index is 314. The lowest BCUT2D eigenvalue weighted by Crippen LogP contribution is -2.05. The van der Waals surface area contributed by atoms with Crippen LogP contribution < -0.4 is 0 Å². The summed E-state index contributed by atoms with van der Waals surface area (Å²) in [5.74, 6) is -2.10. The molecule has 1 heterocycles. The number of ether oxygens (including phenoxy) is 1. The van der Waals surface area contributed by atoms with E-state index in [0.717, 1.165) is 19.4 Å². The van der Waals surface area contributed by atoms with Crippen LogP contribution >= 0.6 is 0 Å². The van der Waals surface area contributed by atoms with Crippen molar-refractivity contribution < 1.29 is 19.0 Å². The monoisotopic (exact) mass is 171 g/mol. The summed E-state index contributed by atoms with van der Waals surface area (Å²) in [6, 6.07) is 0.953. The molecule has 0 saturated carbocycles. The van der Waals surface area contributed by atoms with Gasteiger partial charge in [0.05, 0.1) is 13.3 Å². The second-order valence-electron chi connectivity index (χ2n) is 2.02. The van der Waals surface area contributed by atoms with Crippen LogP contribution in [-0.4, -0.2) is 23.2 Å². The Kier molecular flexibility index (Phi) is 2.23. The molecule has 64 valence electrons. The van der Waals surface area contributed by atoms with E-state index in [9.17, 15) is 9.18 Å². The summed E-state index contributed by atoms with van der Waals surface area (Å²) in [7, 11) is 1.12. The number of aromatic nitrogens is 1. The van der Waals surface area contributed by atoms with E-state index in [1.165, 1.54) is 0 Å². The molecule has 0 unspecified atom stereocenters. The maximum absolute atomic E-state index is 12.7. The number of carbonyl (C=O) groups is 1. The van der Waals surface area contributed by atoms with Gasteiger partial charge in [-0.3, -0.25) is 0 Å². The van der Waals surface area contributed by atoms with Crippen molar-refractivity contribution in [2.75, 3.05) is 7.11 Å². The molecule has 0 aliphatic rings. The Balaban J connectivity index is 3.13. The minimum absolute atomic E-state index is 0.281. The van der Waals surface area contributed by atoms with E-state index in [4.69, 9.17) is 5.11 Å². The van der Waals surface area contributed by atoms with Crippen LogP contribution in [-0.2, 0) is 4.74 Å². The topological polar surface area (TPSA) is 59.4 Å². The fraction of sp³-hybridized carbons (Fsp3) is 0.143. The number of aromatic hydroxyl groups is 1. The van der Waals surface area contributed by atoms with Crippen molar-refractivity contribution in [3.63, 3.8) is 0 Å². The van der Waals surface area contributed by atoms with Gasteiger partial charge in [-0.2, -0.15) is 4.39 Å². The highest BCUT2D eigenvalue weighted by molar-refractivity contribution is 5.89. The summed E-state index contributed by atoms with van der Waals surface area (Å²) >= 11 is 0. The zero-order chi connectivity index (χ0) is 9.14. The molecule has 12 heavy (non-hydrogen) atoms. The summed E-state index contributed by atoms with van der Waals surface area (Å²) in [6.07, 6.45) is 0.905. The van der Waals surface area contributed by atoms with Gasteiger partial charge >= 0.3 is 5.97 Å². The lowest BCUT2D eigenvalue weighted by molar-refractivity contribution is 0.0593. The highest BCUT2D eigenvalue weighted by Crippen LogP contribution is 2.12. The normalized spacial score (nSPS) is 9.50. The molecule has 0 aromatic carbocycles. The fourth-order valence-electron chi connectivity index (χ4n) is 0.690. The second-order valence-corrected chi connectivity index (χ2v) is 2.02. The van der Waals surface area contributed by atoms with E-state index in [-0.39, 0.29) is 11.3 Å². The van der Waals surface area contributed by atoms with E-state index in [2.05, 4.69) is 9.72 Å². The number of carbonyl (C=O) groups excluding carboxylic acids is 1. The Morgan fingerprint density at radius 1 is 1.75 bits per heavy atom. The molecule has 5 heteroatoms. The van der Waals surface area contributed by atoms with Crippen molar-refractivity contribution >= 4 is 5.97 Å². The lowest BCUT2D eigenvalue weighted by Gasteiger charge is -1.99. The fourth-order valence-corrected chi connectivity index (χ4v) is 0.690. The molecule has 0 atom stereocenters. The first kappa shape index (κ1) is 8.45. The third-order valence-corrected chi connectivity index (χ3v) is 1.23. The average Bonchev–Trinajstić information content (AvgIpc) is 2.08. The zero-order valence-corrected chi connectivity index (χ0v) is 6.24. The molecular formula is C7H6FNO3. The SMILES string of the molecule is COC(=O)c1cc(O)cnc1F. The van der Waals surface area contributed by atoms with Gasteiger partial charge in [-0.05, 0) is 0 Å². The largest absolute Gasteiger partial charge is 0.506 e. The standard InChI is InChI=1S/C7H6FNO3/c1-12-7(11)5-2-4(10)3-9-6(5)8/h2-3,10H,1H3. The number of halogens is 1. The number of nitrogens with zero attached hydrogens (tertiary/aromatic N) is 1. The van der Waals surface area contributed by atoms with Crippen molar-refractivity contribution in [2.24, 2.45) is 0 Å². The van der Waals surface area contributed by atoms with Crippen molar-refractivity contribution in [3.05, 3.63) is 23.8 Å². The minimum atomic E-state index is -0.959. The van der Waals surface area contributed by atoms with Gasteiger partial charge in [0.1, 0.15) is 11.3 Å². The highest BCUT2D eigenvalue weighted by atomic mass is 19.1.